The molecule has 0 spiro atoms. The molecule has 0 saturated carbocycles. The lowest BCUT2D eigenvalue weighted by atomic mass is 10.7. The molecule has 4 heteroatoms. The van der Waals surface area contributed by atoms with E-state index in [2.05, 4.69) is 6.58 Å². The summed E-state index contributed by atoms with van der Waals surface area (Å²) in [6.07, 6.45) is -2.17. The van der Waals surface area contributed by atoms with E-state index in [0.717, 1.165) is 6.92 Å². The fourth-order valence-corrected chi connectivity index (χ4v) is 0. The van der Waals surface area contributed by atoms with E-state index in [4.69, 9.17) is 0 Å². The quantitative estimate of drug-likeness (QED) is 0.496. The zero-order valence-corrected chi connectivity index (χ0v) is 7.14. The molecular formula is C6H13ClF3+. The van der Waals surface area contributed by atoms with E-state index >= 15 is 0 Å². The molecule has 0 unspecified atom stereocenters. The van der Waals surface area contributed by atoms with Crippen LogP contribution in [-0.4, -0.2) is 6.43 Å². The third kappa shape index (κ3) is 3580. The van der Waals surface area contributed by atoms with Gasteiger partial charge in [0.25, 0.3) is 0 Å². The molecular weight excluding hydrogens is 165 g/mol. The Labute approximate surface area is 66.5 Å². The van der Waals surface area contributed by atoms with E-state index in [9.17, 15) is 13.2 Å². The van der Waals surface area contributed by atoms with Crippen LogP contribution in [0.25, 0.3) is 0 Å². The Hall–Kier alpha value is -0.310. The van der Waals surface area contributed by atoms with Gasteiger partial charge in [-0.3, -0.25) is 0 Å². The molecule has 0 atom stereocenters. The largest absolute Gasteiger partial charge is 0.235 e. The minimum atomic E-state index is -2.17. The number of hydrogen-bond acceptors (Lipinski definition) is 0. The van der Waals surface area contributed by atoms with E-state index in [1.165, 1.54) is 6.92 Å². The van der Waals surface area contributed by atoms with Crippen molar-refractivity contribution in [2.24, 2.45) is 0 Å². The highest BCUT2D eigenvalue weighted by atomic mass is 35.5. The Morgan fingerprint density at radius 1 is 1.40 bits per heavy atom. The first-order valence-electron chi connectivity index (χ1n) is 2.06. The van der Waals surface area contributed by atoms with Crippen molar-refractivity contribution in [3.63, 3.8) is 0 Å². The molecule has 0 nitrogen and oxygen atoms in total. The molecule has 0 N–H and O–H groups in total. The van der Waals surface area contributed by atoms with Crippen molar-refractivity contribution in [2.45, 2.75) is 20.3 Å². The molecule has 0 amide bonds. The highest BCUT2D eigenvalue weighted by Crippen LogP contribution is 1.82. The summed E-state index contributed by atoms with van der Waals surface area (Å²) in [6, 6.07) is 0. The van der Waals surface area contributed by atoms with Gasteiger partial charge in [0.05, 0.1) is 5.83 Å². The van der Waals surface area contributed by atoms with Crippen molar-refractivity contribution in [3.05, 3.63) is 19.8 Å². The summed E-state index contributed by atoms with van der Waals surface area (Å²) in [5.41, 5.74) is 0. The second-order valence-corrected chi connectivity index (χ2v) is 1.20. The van der Waals surface area contributed by atoms with Gasteiger partial charge in [-0.25, -0.2) is 13.2 Å². The van der Waals surface area contributed by atoms with Crippen LogP contribution in [0.2, 0.25) is 0 Å². The van der Waals surface area contributed by atoms with Crippen LogP contribution in [0.1, 0.15) is 13.8 Å². The second kappa shape index (κ2) is 15.9. The molecule has 0 rings (SSSR count). The minimum absolute atomic E-state index is 0. The zero-order chi connectivity index (χ0) is 7.15. The van der Waals surface area contributed by atoms with Crippen molar-refractivity contribution in [2.75, 3.05) is 0 Å². The van der Waals surface area contributed by atoms with Crippen LogP contribution in [0.5, 0.6) is 0 Å². The first-order chi connectivity index (χ1) is 3.46. The number of allylic oxidation sites excluding steroid dienone is 1. The van der Waals surface area contributed by atoms with Crippen LogP contribution < -0.4 is 0 Å². The van der Waals surface area contributed by atoms with Gasteiger partial charge in [-0.05, 0) is 13.8 Å². The first-order valence-corrected chi connectivity index (χ1v) is 2.06. The summed E-state index contributed by atoms with van der Waals surface area (Å²) in [5, 5.41) is 0. The van der Waals surface area contributed by atoms with Gasteiger partial charge in [0, 0.05) is 7.43 Å². The van der Waals surface area contributed by atoms with Gasteiger partial charge in [-0.2, -0.15) is 0 Å². The van der Waals surface area contributed by atoms with Gasteiger partial charge < -0.3 is 0 Å². The van der Waals surface area contributed by atoms with Crippen LogP contribution in [0.3, 0.4) is 0 Å². The van der Waals surface area contributed by atoms with Crippen molar-refractivity contribution in [3.8, 4) is 0 Å². The third-order valence-electron chi connectivity index (χ3n) is 0. The molecule has 0 aliphatic rings. The Bertz CT molecular complexity index is 57.3. The molecule has 0 aliphatic carbocycles. The lowest BCUT2D eigenvalue weighted by Crippen LogP contribution is -1.69. The summed E-state index contributed by atoms with van der Waals surface area (Å²) < 4.78 is 31.5. The monoisotopic (exact) mass is 177 g/mol. The van der Waals surface area contributed by atoms with Crippen molar-refractivity contribution in [1.29, 1.82) is 0 Å². The SMILES string of the molecule is C=C(C)F.CC(F)F.Cl.[CH3+]. The summed E-state index contributed by atoms with van der Waals surface area (Å²) in [7, 11) is 0. The molecule has 10 heavy (non-hydrogen) atoms. The smallest absolute Gasteiger partial charge is 0.213 e. The third-order valence-corrected chi connectivity index (χ3v) is 0. The number of halogens is 4. The summed E-state index contributed by atoms with van der Waals surface area (Å²) in [5.74, 6) is -0.333. The molecule has 0 aromatic carbocycles. The Morgan fingerprint density at radius 2 is 1.40 bits per heavy atom. The number of rotatable bonds is 0. The molecule has 0 saturated heterocycles. The van der Waals surface area contributed by atoms with Crippen LogP contribution in [0, 0.1) is 7.43 Å². The Kier molecular flexibility index (Phi) is 35.9. The fourth-order valence-electron chi connectivity index (χ4n) is 0. The van der Waals surface area contributed by atoms with Crippen molar-refractivity contribution in [1.82, 2.24) is 0 Å². The lowest BCUT2D eigenvalue weighted by Gasteiger charge is -1.70. The molecule has 0 radical (unpaired) electrons. The topological polar surface area (TPSA) is 0 Å². The van der Waals surface area contributed by atoms with Crippen LogP contribution in [0.4, 0.5) is 13.2 Å². The van der Waals surface area contributed by atoms with E-state index < -0.39 is 6.43 Å². The molecule has 0 heterocycles. The summed E-state index contributed by atoms with van der Waals surface area (Å²) in [6.45, 7) is 5.03. The molecule has 0 aromatic heterocycles. The minimum Gasteiger partial charge on any atom is -0.213 e. The Morgan fingerprint density at radius 3 is 1.40 bits per heavy atom. The fraction of sp³-hybridized carbons (Fsp3) is 0.500. The Balaban J connectivity index is -0.0000000300. The standard InChI is InChI=1S/C3H5F.C2H4F2.CH3.ClH/c1-3(2)4;1-2(3)4;;/h1H2,2H3;2H,1H3;1H3;1H/q;;+1;. The molecule has 0 aromatic rings. The molecule has 0 bridgehead atoms. The van der Waals surface area contributed by atoms with E-state index in [1.807, 2.05) is 0 Å². The molecule has 64 valence electrons. The predicted octanol–water partition coefficient (Wildman–Crippen LogP) is 3.63. The van der Waals surface area contributed by atoms with E-state index in [-0.39, 0.29) is 25.7 Å². The highest BCUT2D eigenvalue weighted by Gasteiger charge is 1.79. The summed E-state index contributed by atoms with van der Waals surface area (Å²) >= 11 is 0. The van der Waals surface area contributed by atoms with Gasteiger partial charge in [0.15, 0.2) is 0 Å². The van der Waals surface area contributed by atoms with Gasteiger partial charge in [-0.15, -0.1) is 12.4 Å². The van der Waals surface area contributed by atoms with E-state index in [0.29, 0.717) is 0 Å². The molecule has 0 aliphatic heterocycles. The average molecular weight is 178 g/mol. The maximum Gasteiger partial charge on any atom is 0.235 e. The zero-order valence-electron chi connectivity index (χ0n) is 6.33. The van der Waals surface area contributed by atoms with Crippen molar-refractivity contribution >= 4 is 12.4 Å². The summed E-state index contributed by atoms with van der Waals surface area (Å²) in [4.78, 5) is 0. The maximum atomic E-state index is 10.8. The molecule has 0 fully saturated rings. The van der Waals surface area contributed by atoms with Gasteiger partial charge in [-0.1, -0.05) is 6.58 Å². The normalized spacial score (nSPS) is 6.20. The van der Waals surface area contributed by atoms with Crippen LogP contribution in [-0.2, 0) is 0 Å². The average Bonchev–Trinajstić information content (AvgIpc) is 1.25. The van der Waals surface area contributed by atoms with E-state index in [1.54, 1.807) is 0 Å². The predicted molar refractivity (Wildman–Crippen MR) is 41.3 cm³/mol. The van der Waals surface area contributed by atoms with Gasteiger partial charge in [0.1, 0.15) is 0 Å². The van der Waals surface area contributed by atoms with Crippen LogP contribution >= 0.6 is 12.4 Å². The van der Waals surface area contributed by atoms with Crippen molar-refractivity contribution < 1.29 is 13.2 Å². The number of alkyl halides is 2. The number of hydrogen-bond donors (Lipinski definition) is 0. The van der Waals surface area contributed by atoms with Crippen LogP contribution in [0.15, 0.2) is 12.4 Å². The van der Waals surface area contributed by atoms with Gasteiger partial charge >= 0.3 is 0 Å². The highest BCUT2D eigenvalue weighted by molar-refractivity contribution is 5.85. The first kappa shape index (κ1) is 22.6. The maximum absolute atomic E-state index is 10.8. The van der Waals surface area contributed by atoms with Gasteiger partial charge in [0.2, 0.25) is 6.43 Å². The lowest BCUT2D eigenvalue weighted by molar-refractivity contribution is 0.171. The second-order valence-electron chi connectivity index (χ2n) is 1.20.